The molecule has 4 heteroatoms. The van der Waals surface area contributed by atoms with Gasteiger partial charge in [-0.2, -0.15) is 0 Å². The Kier molecular flexibility index (Phi) is 7.54. The number of aryl methyl sites for hydroxylation is 2. The molecule has 0 spiro atoms. The Morgan fingerprint density at radius 3 is 2.20 bits per heavy atom. The van der Waals surface area contributed by atoms with Crippen molar-refractivity contribution in [3.8, 4) is 16.9 Å². The van der Waals surface area contributed by atoms with E-state index in [9.17, 15) is 9.36 Å². The molecule has 0 saturated carbocycles. The summed E-state index contributed by atoms with van der Waals surface area (Å²) < 4.78 is 19.1. The molecule has 3 rings (SSSR count). The number of hydrogen-bond donors (Lipinski definition) is 0. The monoisotopic (exact) mass is 419 g/mol. The van der Waals surface area contributed by atoms with Gasteiger partial charge in [0.2, 0.25) is 5.30 Å². The summed E-state index contributed by atoms with van der Waals surface area (Å²) in [5.74, 6) is 0.823. The summed E-state index contributed by atoms with van der Waals surface area (Å²) in [6, 6.07) is 20.9. The lowest BCUT2D eigenvalue weighted by Gasteiger charge is -2.08. The van der Waals surface area contributed by atoms with Crippen LogP contribution in [-0.2, 0) is 4.57 Å². The van der Waals surface area contributed by atoms with Gasteiger partial charge >= 0.3 is 13.3 Å². The molecule has 0 radical (unpaired) electrons. The van der Waals surface area contributed by atoms with Crippen LogP contribution in [0.4, 0.5) is 0 Å². The van der Waals surface area contributed by atoms with Crippen LogP contribution < -0.4 is 10.0 Å². The molecule has 0 bridgehead atoms. The summed E-state index contributed by atoms with van der Waals surface area (Å²) in [7, 11) is -2.23. The maximum absolute atomic E-state index is 13.3. The molecule has 3 aromatic carbocycles. The second kappa shape index (κ2) is 10.3. The van der Waals surface area contributed by atoms with Crippen LogP contribution in [0.3, 0.4) is 0 Å². The second-order valence-electron chi connectivity index (χ2n) is 7.46. The molecule has 0 aliphatic heterocycles. The summed E-state index contributed by atoms with van der Waals surface area (Å²) in [6.07, 6.45) is 3.37. The van der Waals surface area contributed by atoms with E-state index in [1.54, 1.807) is 6.07 Å². The zero-order valence-electron chi connectivity index (χ0n) is 17.9. The van der Waals surface area contributed by atoms with Crippen LogP contribution in [0.2, 0.25) is 0 Å². The van der Waals surface area contributed by atoms with Gasteiger partial charge in [-0.1, -0.05) is 66.8 Å². The Morgan fingerprint density at radius 2 is 1.53 bits per heavy atom. The topological polar surface area (TPSA) is 43.4 Å². The normalized spacial score (nSPS) is 11.2. The number of hydrogen-bond acceptors (Lipinski definition) is 3. The van der Waals surface area contributed by atoms with E-state index < -0.39 is 7.80 Å². The standard InChI is InChI=1S/C26H28O3P/c1-4-5-8-18-29-22-16-14-21(15-17-22)23-12-6-7-13-24(23)30(28)26(27)25-19(2)10-9-11-20(25)3/h6-7,9-17H,4-5,8,18H2,1-3H3/q+1. The van der Waals surface area contributed by atoms with Crippen molar-refractivity contribution in [1.82, 2.24) is 0 Å². The van der Waals surface area contributed by atoms with E-state index in [1.807, 2.05) is 74.5 Å². The molecule has 3 nitrogen and oxygen atoms in total. The van der Waals surface area contributed by atoms with Crippen molar-refractivity contribution < 1.29 is 14.1 Å². The third-order valence-corrected chi connectivity index (χ3v) is 6.60. The first-order valence-electron chi connectivity index (χ1n) is 10.4. The summed E-state index contributed by atoms with van der Waals surface area (Å²) in [6.45, 7) is 6.64. The van der Waals surface area contributed by atoms with Gasteiger partial charge in [0.15, 0.2) is 0 Å². The lowest BCUT2D eigenvalue weighted by Crippen LogP contribution is -2.09. The van der Waals surface area contributed by atoms with E-state index in [-0.39, 0.29) is 5.52 Å². The SMILES string of the molecule is CCCCCOc1ccc(-c2ccccc2[P+](=O)C(=O)c2c(C)cccc2C)cc1. The van der Waals surface area contributed by atoms with Crippen molar-refractivity contribution in [3.05, 3.63) is 83.4 Å². The predicted octanol–water partition coefficient (Wildman–Crippen LogP) is 6.83. The van der Waals surface area contributed by atoms with E-state index >= 15 is 0 Å². The molecule has 1 atom stereocenters. The molecule has 0 aliphatic rings. The van der Waals surface area contributed by atoms with Crippen molar-refractivity contribution in [2.75, 3.05) is 6.61 Å². The fourth-order valence-corrected chi connectivity index (χ4v) is 4.95. The second-order valence-corrected chi connectivity index (χ2v) is 8.94. The average Bonchev–Trinajstić information content (AvgIpc) is 2.76. The van der Waals surface area contributed by atoms with Crippen LogP contribution in [0.5, 0.6) is 5.75 Å². The number of carbonyl (C=O) groups is 1. The summed E-state index contributed by atoms with van der Waals surface area (Å²) in [5, 5.41) is 0.566. The van der Waals surface area contributed by atoms with Crippen molar-refractivity contribution in [2.45, 2.75) is 40.0 Å². The Morgan fingerprint density at radius 1 is 0.867 bits per heavy atom. The lowest BCUT2D eigenvalue weighted by atomic mass is 10.0. The number of carbonyl (C=O) groups excluding carboxylic acids is 1. The fourth-order valence-electron chi connectivity index (χ4n) is 3.53. The molecule has 0 amide bonds. The smallest absolute Gasteiger partial charge is 0.459 e. The number of rotatable bonds is 9. The van der Waals surface area contributed by atoms with Crippen molar-refractivity contribution in [2.24, 2.45) is 0 Å². The number of benzene rings is 3. The first-order valence-corrected chi connectivity index (χ1v) is 11.7. The fraction of sp³-hybridized carbons (Fsp3) is 0.269. The first kappa shape index (κ1) is 21.9. The van der Waals surface area contributed by atoms with E-state index in [2.05, 4.69) is 6.92 Å². The Labute approximate surface area is 179 Å². The number of unbranched alkanes of at least 4 members (excludes halogenated alkanes) is 2. The van der Waals surface area contributed by atoms with Gasteiger partial charge in [-0.25, -0.2) is 4.79 Å². The summed E-state index contributed by atoms with van der Waals surface area (Å²) >= 11 is 0. The molecule has 0 N–H and O–H groups in total. The minimum atomic E-state index is -2.23. The molecule has 0 saturated heterocycles. The van der Waals surface area contributed by atoms with Crippen LogP contribution in [-0.4, -0.2) is 12.1 Å². The molecule has 0 aromatic heterocycles. The lowest BCUT2D eigenvalue weighted by molar-refractivity contribution is 0.107. The molecule has 0 heterocycles. The largest absolute Gasteiger partial charge is 0.494 e. The maximum atomic E-state index is 13.3. The Bertz CT molecular complexity index is 1020. The van der Waals surface area contributed by atoms with Gasteiger partial charge in [0.1, 0.15) is 5.75 Å². The highest BCUT2D eigenvalue weighted by molar-refractivity contribution is 7.71. The van der Waals surface area contributed by atoms with Crippen LogP contribution in [0, 0.1) is 13.8 Å². The highest BCUT2D eigenvalue weighted by Gasteiger charge is 2.36. The van der Waals surface area contributed by atoms with Gasteiger partial charge in [0.25, 0.3) is 0 Å². The summed E-state index contributed by atoms with van der Waals surface area (Å²) in [5.41, 5.74) is 3.68. The van der Waals surface area contributed by atoms with Crippen LogP contribution in [0.1, 0.15) is 47.7 Å². The molecule has 0 aliphatic carbocycles. The van der Waals surface area contributed by atoms with E-state index in [4.69, 9.17) is 4.74 Å². The zero-order valence-corrected chi connectivity index (χ0v) is 18.7. The molecule has 154 valence electrons. The Balaban J connectivity index is 1.86. The molecular weight excluding hydrogens is 391 g/mol. The van der Waals surface area contributed by atoms with Gasteiger partial charge in [-0.15, -0.1) is 0 Å². The zero-order chi connectivity index (χ0) is 21.5. The molecule has 1 unspecified atom stereocenters. The van der Waals surface area contributed by atoms with Crippen LogP contribution in [0.15, 0.2) is 66.7 Å². The van der Waals surface area contributed by atoms with E-state index in [0.717, 1.165) is 47.3 Å². The Hall–Kier alpha value is -2.77. The number of ether oxygens (including phenoxy) is 1. The third kappa shape index (κ3) is 5.04. The van der Waals surface area contributed by atoms with E-state index in [1.165, 1.54) is 0 Å². The van der Waals surface area contributed by atoms with Gasteiger partial charge in [-0.3, -0.25) is 0 Å². The van der Waals surface area contributed by atoms with Gasteiger partial charge < -0.3 is 4.74 Å². The van der Waals surface area contributed by atoms with Crippen LogP contribution in [0.25, 0.3) is 11.1 Å². The third-order valence-electron chi connectivity index (χ3n) is 5.18. The molecule has 0 fully saturated rings. The van der Waals surface area contributed by atoms with Crippen molar-refractivity contribution in [3.63, 3.8) is 0 Å². The molecule has 3 aromatic rings. The molecule has 30 heavy (non-hydrogen) atoms. The first-order chi connectivity index (χ1) is 14.5. The maximum Gasteiger partial charge on any atom is 0.459 e. The van der Waals surface area contributed by atoms with E-state index in [0.29, 0.717) is 17.5 Å². The van der Waals surface area contributed by atoms with Crippen molar-refractivity contribution in [1.29, 1.82) is 0 Å². The van der Waals surface area contributed by atoms with Gasteiger partial charge in [0.05, 0.1) is 12.2 Å². The molecular formula is C26H28O3P+. The quantitative estimate of drug-likeness (QED) is 0.282. The van der Waals surface area contributed by atoms with Gasteiger partial charge in [-0.05, 0) is 61.2 Å². The minimum Gasteiger partial charge on any atom is -0.494 e. The van der Waals surface area contributed by atoms with Crippen molar-refractivity contribution >= 4 is 18.6 Å². The predicted molar refractivity (Wildman–Crippen MR) is 124 cm³/mol. The van der Waals surface area contributed by atoms with Gasteiger partial charge in [0, 0.05) is 5.56 Å². The average molecular weight is 419 g/mol. The highest BCUT2D eigenvalue weighted by Crippen LogP contribution is 2.34. The van der Waals surface area contributed by atoms with Crippen LogP contribution >= 0.6 is 7.80 Å². The highest BCUT2D eigenvalue weighted by atomic mass is 31.1. The minimum absolute atomic E-state index is 0.316. The summed E-state index contributed by atoms with van der Waals surface area (Å²) in [4.78, 5) is 13.1.